The molecule has 2 aromatic heterocycles. The summed E-state index contributed by atoms with van der Waals surface area (Å²) in [5.74, 6) is 1.24. The van der Waals surface area contributed by atoms with Crippen LogP contribution in [-0.2, 0) is 4.79 Å². The standard InChI is InChI=1S/C25H22N4O2/c1-2-20(30)28-19-13-6-10-17(14-19)21-22-24(29-18-11-7-12-18)26-15-27-25(22)31-23(21)16-8-4-3-5-9-16/h2-6,8-10,13-15,18H,1,7,11-12H2,(H,28,30)(H,26,27,29). The normalized spacial score (nSPS) is 13.5. The van der Waals surface area contributed by atoms with Crippen LogP contribution in [0.15, 0.2) is 78.0 Å². The summed E-state index contributed by atoms with van der Waals surface area (Å²) in [6, 6.07) is 18.1. The van der Waals surface area contributed by atoms with Crippen molar-refractivity contribution >= 4 is 28.5 Å². The van der Waals surface area contributed by atoms with E-state index in [1.807, 2.05) is 54.6 Å². The van der Waals surface area contributed by atoms with Crippen molar-refractivity contribution in [2.75, 3.05) is 10.6 Å². The van der Waals surface area contributed by atoms with Gasteiger partial charge >= 0.3 is 0 Å². The van der Waals surface area contributed by atoms with Crippen molar-refractivity contribution in [2.45, 2.75) is 25.3 Å². The summed E-state index contributed by atoms with van der Waals surface area (Å²) >= 11 is 0. The second-order valence-electron chi connectivity index (χ2n) is 7.62. The van der Waals surface area contributed by atoms with E-state index < -0.39 is 0 Å². The average Bonchev–Trinajstić information content (AvgIpc) is 3.17. The van der Waals surface area contributed by atoms with Crippen LogP contribution in [0.3, 0.4) is 0 Å². The number of hydrogen-bond donors (Lipinski definition) is 2. The van der Waals surface area contributed by atoms with Crippen LogP contribution in [0, 0.1) is 0 Å². The Morgan fingerprint density at radius 1 is 1.06 bits per heavy atom. The van der Waals surface area contributed by atoms with E-state index in [1.165, 1.54) is 18.8 Å². The third kappa shape index (κ3) is 3.68. The van der Waals surface area contributed by atoms with Crippen molar-refractivity contribution in [3.05, 3.63) is 73.6 Å². The first kappa shape index (κ1) is 19.1. The van der Waals surface area contributed by atoms with Gasteiger partial charge in [0.1, 0.15) is 17.9 Å². The van der Waals surface area contributed by atoms with Crippen LogP contribution in [-0.4, -0.2) is 21.9 Å². The monoisotopic (exact) mass is 410 g/mol. The first-order chi connectivity index (χ1) is 15.2. The maximum Gasteiger partial charge on any atom is 0.247 e. The second kappa shape index (κ2) is 8.07. The first-order valence-corrected chi connectivity index (χ1v) is 10.4. The Hall–Kier alpha value is -3.93. The van der Waals surface area contributed by atoms with E-state index in [0.717, 1.165) is 46.5 Å². The highest BCUT2D eigenvalue weighted by Gasteiger charge is 2.25. The predicted molar refractivity (Wildman–Crippen MR) is 123 cm³/mol. The summed E-state index contributed by atoms with van der Waals surface area (Å²) < 4.78 is 6.26. The first-order valence-electron chi connectivity index (χ1n) is 10.4. The SMILES string of the molecule is C=CC(=O)Nc1cccc(-c2c(-c3ccccc3)oc3ncnc(NC4CCC4)c23)c1. The van der Waals surface area contributed by atoms with Gasteiger partial charge in [0.15, 0.2) is 0 Å². The molecular formula is C25H22N4O2. The van der Waals surface area contributed by atoms with Crippen molar-refractivity contribution in [3.63, 3.8) is 0 Å². The van der Waals surface area contributed by atoms with E-state index >= 15 is 0 Å². The molecule has 0 unspecified atom stereocenters. The molecule has 1 saturated carbocycles. The van der Waals surface area contributed by atoms with Gasteiger partial charge in [-0.3, -0.25) is 4.79 Å². The molecule has 31 heavy (non-hydrogen) atoms. The topological polar surface area (TPSA) is 80.1 Å². The zero-order valence-electron chi connectivity index (χ0n) is 17.0. The fraction of sp³-hybridized carbons (Fsp3) is 0.160. The zero-order chi connectivity index (χ0) is 21.2. The van der Waals surface area contributed by atoms with Gasteiger partial charge in [-0.25, -0.2) is 9.97 Å². The van der Waals surface area contributed by atoms with Gasteiger partial charge < -0.3 is 15.1 Å². The average molecular weight is 410 g/mol. The van der Waals surface area contributed by atoms with Gasteiger partial charge in [0.2, 0.25) is 11.6 Å². The predicted octanol–water partition coefficient (Wildman–Crippen LogP) is 5.65. The molecule has 1 fully saturated rings. The van der Waals surface area contributed by atoms with Crippen LogP contribution >= 0.6 is 0 Å². The fourth-order valence-corrected chi connectivity index (χ4v) is 3.80. The molecule has 4 aromatic rings. The number of nitrogens with zero attached hydrogens (tertiary/aromatic N) is 2. The number of nitrogens with one attached hydrogen (secondary N) is 2. The van der Waals surface area contributed by atoms with E-state index in [2.05, 4.69) is 27.2 Å². The Labute approximate surface area is 180 Å². The molecule has 0 bridgehead atoms. The van der Waals surface area contributed by atoms with Gasteiger partial charge in [0.05, 0.1) is 5.39 Å². The highest BCUT2D eigenvalue weighted by atomic mass is 16.3. The highest BCUT2D eigenvalue weighted by molar-refractivity contribution is 6.07. The molecule has 0 atom stereocenters. The summed E-state index contributed by atoms with van der Waals surface area (Å²) in [6.45, 7) is 3.52. The number of hydrogen-bond acceptors (Lipinski definition) is 5. The summed E-state index contributed by atoms with van der Waals surface area (Å²) in [4.78, 5) is 20.8. The molecule has 2 heterocycles. The van der Waals surface area contributed by atoms with Crippen LogP contribution in [0.5, 0.6) is 0 Å². The number of benzene rings is 2. The number of anilines is 2. The van der Waals surface area contributed by atoms with Gasteiger partial charge in [-0.05, 0) is 43.0 Å². The van der Waals surface area contributed by atoms with Crippen molar-refractivity contribution < 1.29 is 9.21 Å². The van der Waals surface area contributed by atoms with Crippen molar-refractivity contribution in [2.24, 2.45) is 0 Å². The lowest BCUT2D eigenvalue weighted by atomic mass is 9.93. The number of carbonyl (C=O) groups is 1. The zero-order valence-corrected chi connectivity index (χ0v) is 17.0. The largest absolute Gasteiger partial charge is 0.437 e. The Morgan fingerprint density at radius 3 is 2.61 bits per heavy atom. The Bertz CT molecular complexity index is 1260. The third-order valence-electron chi connectivity index (χ3n) is 5.57. The van der Waals surface area contributed by atoms with Crippen molar-refractivity contribution in [1.29, 1.82) is 0 Å². The van der Waals surface area contributed by atoms with Crippen LogP contribution < -0.4 is 10.6 Å². The summed E-state index contributed by atoms with van der Waals surface area (Å²) in [7, 11) is 0. The maximum atomic E-state index is 11.8. The van der Waals surface area contributed by atoms with E-state index in [-0.39, 0.29) is 5.91 Å². The molecule has 6 nitrogen and oxygen atoms in total. The Morgan fingerprint density at radius 2 is 1.87 bits per heavy atom. The molecule has 2 N–H and O–H groups in total. The summed E-state index contributed by atoms with van der Waals surface area (Å²) in [5, 5.41) is 7.24. The number of fused-ring (bicyclic) bond motifs is 1. The molecule has 154 valence electrons. The maximum absolute atomic E-state index is 11.8. The van der Waals surface area contributed by atoms with Gasteiger partial charge in [0.25, 0.3) is 0 Å². The molecule has 5 rings (SSSR count). The number of furan rings is 1. The quantitative estimate of drug-likeness (QED) is 0.402. The summed E-state index contributed by atoms with van der Waals surface area (Å²) in [5.41, 5.74) is 3.97. The molecule has 6 heteroatoms. The van der Waals surface area contributed by atoms with Gasteiger partial charge in [-0.1, -0.05) is 49.0 Å². The summed E-state index contributed by atoms with van der Waals surface area (Å²) in [6.07, 6.45) is 6.28. The molecule has 0 saturated heterocycles. The number of aromatic nitrogens is 2. The Balaban J connectivity index is 1.72. The fourth-order valence-electron chi connectivity index (χ4n) is 3.80. The lowest BCUT2D eigenvalue weighted by Crippen LogP contribution is -2.27. The molecule has 1 aliphatic carbocycles. The van der Waals surface area contributed by atoms with Crippen molar-refractivity contribution in [3.8, 4) is 22.5 Å². The minimum atomic E-state index is -0.256. The molecular weight excluding hydrogens is 388 g/mol. The van der Waals surface area contributed by atoms with Crippen molar-refractivity contribution in [1.82, 2.24) is 9.97 Å². The van der Waals surface area contributed by atoms with Crippen LogP contribution in [0.2, 0.25) is 0 Å². The molecule has 0 aliphatic heterocycles. The van der Waals surface area contributed by atoms with E-state index in [4.69, 9.17) is 4.42 Å². The third-order valence-corrected chi connectivity index (χ3v) is 5.57. The minimum Gasteiger partial charge on any atom is -0.437 e. The van der Waals surface area contributed by atoms with Gasteiger partial charge in [-0.15, -0.1) is 0 Å². The van der Waals surface area contributed by atoms with E-state index in [1.54, 1.807) is 0 Å². The number of carbonyl (C=O) groups excluding carboxylic acids is 1. The molecule has 1 amide bonds. The van der Waals surface area contributed by atoms with Crippen LogP contribution in [0.25, 0.3) is 33.6 Å². The lowest BCUT2D eigenvalue weighted by Gasteiger charge is -2.27. The lowest BCUT2D eigenvalue weighted by molar-refractivity contribution is -0.111. The van der Waals surface area contributed by atoms with Gasteiger partial charge in [0, 0.05) is 22.9 Å². The molecule has 0 spiro atoms. The molecule has 1 aliphatic rings. The molecule has 0 radical (unpaired) electrons. The number of amides is 1. The van der Waals surface area contributed by atoms with Gasteiger partial charge in [-0.2, -0.15) is 0 Å². The Kier molecular flexibility index (Phi) is 4.96. The smallest absolute Gasteiger partial charge is 0.247 e. The molecule has 2 aromatic carbocycles. The van der Waals surface area contributed by atoms with E-state index in [0.29, 0.717) is 17.4 Å². The number of rotatable bonds is 6. The van der Waals surface area contributed by atoms with Crippen LogP contribution in [0.4, 0.5) is 11.5 Å². The second-order valence-corrected chi connectivity index (χ2v) is 7.62. The van der Waals surface area contributed by atoms with Crippen LogP contribution in [0.1, 0.15) is 19.3 Å². The minimum absolute atomic E-state index is 0.256. The highest BCUT2D eigenvalue weighted by Crippen LogP contribution is 2.43. The van der Waals surface area contributed by atoms with E-state index in [9.17, 15) is 4.79 Å².